The summed E-state index contributed by atoms with van der Waals surface area (Å²) >= 11 is 6.37. The van der Waals surface area contributed by atoms with Crippen molar-refractivity contribution in [3.8, 4) is 0 Å². The molecule has 178 valence electrons. The molecule has 8 nitrogen and oxygen atoms in total. The number of carbonyl (C=O) groups is 2. The van der Waals surface area contributed by atoms with Gasteiger partial charge in [0.2, 0.25) is 0 Å². The summed E-state index contributed by atoms with van der Waals surface area (Å²) in [5.41, 5.74) is 4.66. The van der Waals surface area contributed by atoms with E-state index < -0.39 is 11.9 Å². The van der Waals surface area contributed by atoms with Crippen molar-refractivity contribution >= 4 is 46.4 Å². The van der Waals surface area contributed by atoms with Crippen LogP contribution in [-0.4, -0.2) is 59.2 Å². The van der Waals surface area contributed by atoms with Crippen LogP contribution in [0.5, 0.6) is 0 Å². The number of halogens is 1. The molecule has 0 bridgehead atoms. The van der Waals surface area contributed by atoms with Crippen LogP contribution in [0.15, 0.2) is 66.9 Å². The minimum atomic E-state index is -1.82. The number of hydrogen-bond acceptors (Lipinski definition) is 6. The molecule has 0 saturated carbocycles. The number of rotatable bonds is 5. The Labute approximate surface area is 203 Å². The van der Waals surface area contributed by atoms with E-state index in [-0.39, 0.29) is 0 Å². The zero-order valence-electron chi connectivity index (χ0n) is 19.1. The molecule has 2 N–H and O–H groups in total. The van der Waals surface area contributed by atoms with Crippen molar-refractivity contribution in [3.63, 3.8) is 0 Å². The number of hydrogen-bond donors (Lipinski definition) is 2. The van der Waals surface area contributed by atoms with Crippen LogP contribution in [0.1, 0.15) is 12.0 Å². The van der Waals surface area contributed by atoms with Gasteiger partial charge in [-0.05, 0) is 75.1 Å². The van der Waals surface area contributed by atoms with Crippen molar-refractivity contribution < 1.29 is 19.8 Å². The third-order valence-corrected chi connectivity index (χ3v) is 5.45. The van der Waals surface area contributed by atoms with Gasteiger partial charge in [0.1, 0.15) is 0 Å². The third kappa shape index (κ3) is 6.24. The SMILES string of the molecule is CN(C)CCCN1c2ccc(Cl)cc2CN(c2ccccc2)c2cccnc21.O=C(O)C(=O)O. The second-order valence-electron chi connectivity index (χ2n) is 7.96. The second kappa shape index (κ2) is 11.5. The lowest BCUT2D eigenvalue weighted by atomic mass is 10.1. The molecule has 0 amide bonds. The number of carboxylic acids is 2. The minimum Gasteiger partial charge on any atom is -0.473 e. The lowest BCUT2D eigenvalue weighted by Crippen LogP contribution is -2.24. The van der Waals surface area contributed by atoms with Crippen molar-refractivity contribution in [3.05, 3.63) is 77.4 Å². The van der Waals surface area contributed by atoms with Gasteiger partial charge >= 0.3 is 11.9 Å². The van der Waals surface area contributed by atoms with Crippen molar-refractivity contribution in [1.29, 1.82) is 0 Å². The highest BCUT2D eigenvalue weighted by Gasteiger charge is 2.26. The van der Waals surface area contributed by atoms with Crippen LogP contribution < -0.4 is 9.80 Å². The zero-order valence-corrected chi connectivity index (χ0v) is 19.8. The van der Waals surface area contributed by atoms with E-state index in [4.69, 9.17) is 36.4 Å². The first-order valence-electron chi connectivity index (χ1n) is 10.7. The summed E-state index contributed by atoms with van der Waals surface area (Å²) in [6, 6.07) is 20.8. The number of para-hydroxylation sites is 1. The van der Waals surface area contributed by atoms with E-state index in [1.54, 1.807) is 0 Å². The molecule has 4 rings (SSSR count). The highest BCUT2D eigenvalue weighted by atomic mass is 35.5. The van der Waals surface area contributed by atoms with Gasteiger partial charge in [0.15, 0.2) is 5.82 Å². The highest BCUT2D eigenvalue weighted by molar-refractivity contribution is 6.30. The number of carboxylic acid groups (broad SMARTS) is 2. The topological polar surface area (TPSA) is 97.2 Å². The predicted octanol–water partition coefficient (Wildman–Crippen LogP) is 4.63. The van der Waals surface area contributed by atoms with E-state index in [1.807, 2.05) is 24.4 Å². The molecule has 0 unspecified atom stereocenters. The van der Waals surface area contributed by atoms with Gasteiger partial charge in [-0.1, -0.05) is 29.8 Å². The molecule has 3 aromatic rings. The number of fused-ring (bicyclic) bond motifs is 2. The molecule has 9 heteroatoms. The molecule has 2 aromatic carbocycles. The van der Waals surface area contributed by atoms with Crippen LogP contribution in [0.3, 0.4) is 0 Å². The Morgan fingerprint density at radius 1 is 1.00 bits per heavy atom. The summed E-state index contributed by atoms with van der Waals surface area (Å²) in [6.07, 6.45) is 2.93. The van der Waals surface area contributed by atoms with Crippen LogP contribution >= 0.6 is 11.6 Å². The van der Waals surface area contributed by atoms with Gasteiger partial charge in [-0.2, -0.15) is 0 Å². The number of aromatic nitrogens is 1. The van der Waals surface area contributed by atoms with Crippen LogP contribution in [0.2, 0.25) is 5.02 Å². The Hall–Kier alpha value is -3.62. The average Bonchev–Trinajstić information content (AvgIpc) is 2.94. The van der Waals surface area contributed by atoms with Gasteiger partial charge in [0.25, 0.3) is 0 Å². The van der Waals surface area contributed by atoms with Gasteiger partial charge in [-0.3, -0.25) is 0 Å². The fraction of sp³-hybridized carbons (Fsp3) is 0.240. The Morgan fingerprint density at radius 3 is 2.35 bits per heavy atom. The lowest BCUT2D eigenvalue weighted by molar-refractivity contribution is -0.159. The maximum absolute atomic E-state index is 9.10. The Bertz CT molecular complexity index is 1130. The Kier molecular flexibility index (Phi) is 8.45. The molecule has 0 fully saturated rings. The van der Waals surface area contributed by atoms with Crippen LogP contribution in [0.25, 0.3) is 0 Å². The molecule has 0 atom stereocenters. The predicted molar refractivity (Wildman–Crippen MR) is 133 cm³/mol. The van der Waals surface area contributed by atoms with Crippen LogP contribution in [0.4, 0.5) is 22.9 Å². The van der Waals surface area contributed by atoms with Crippen molar-refractivity contribution in [2.45, 2.75) is 13.0 Å². The van der Waals surface area contributed by atoms with Gasteiger partial charge in [-0.25, -0.2) is 14.6 Å². The fourth-order valence-electron chi connectivity index (χ4n) is 3.73. The normalized spacial score (nSPS) is 12.2. The standard InChI is InChI=1S/C23H25ClN4.C2H2O4/c1-26(2)14-7-15-27-21-12-11-19(24)16-18(21)17-28(20-8-4-3-5-9-20)22-10-6-13-25-23(22)27;3-1(4)2(5)6/h3-6,8-13,16H,7,14-15,17H2,1-2H3;(H,3,4)(H,5,6). The first kappa shape index (κ1) is 25.0. The van der Waals surface area contributed by atoms with Gasteiger partial charge in [-0.15, -0.1) is 0 Å². The van der Waals surface area contributed by atoms with Crippen molar-refractivity contribution in [1.82, 2.24) is 9.88 Å². The minimum absolute atomic E-state index is 0.753. The molecule has 0 aliphatic carbocycles. The van der Waals surface area contributed by atoms with Crippen molar-refractivity contribution in [2.75, 3.05) is 37.0 Å². The van der Waals surface area contributed by atoms with E-state index in [1.165, 1.54) is 11.3 Å². The molecule has 0 spiro atoms. The van der Waals surface area contributed by atoms with Gasteiger partial charge in [0, 0.05) is 29.1 Å². The van der Waals surface area contributed by atoms with Crippen LogP contribution in [-0.2, 0) is 16.1 Å². The third-order valence-electron chi connectivity index (χ3n) is 5.21. The highest BCUT2D eigenvalue weighted by Crippen LogP contribution is 2.43. The zero-order chi connectivity index (χ0) is 24.7. The van der Waals surface area contributed by atoms with Crippen molar-refractivity contribution in [2.24, 2.45) is 0 Å². The molecular weight excluding hydrogens is 456 g/mol. The van der Waals surface area contributed by atoms with E-state index in [9.17, 15) is 0 Å². The summed E-state index contributed by atoms with van der Waals surface area (Å²) < 4.78 is 0. The number of nitrogens with zero attached hydrogens (tertiary/aromatic N) is 4. The largest absolute Gasteiger partial charge is 0.473 e. The Balaban J connectivity index is 0.000000481. The molecule has 1 aliphatic heterocycles. The average molecular weight is 483 g/mol. The van der Waals surface area contributed by atoms with E-state index in [0.29, 0.717) is 0 Å². The number of anilines is 4. The number of benzene rings is 2. The molecule has 0 radical (unpaired) electrons. The van der Waals surface area contributed by atoms with E-state index >= 15 is 0 Å². The van der Waals surface area contributed by atoms with Crippen LogP contribution in [0, 0.1) is 0 Å². The summed E-state index contributed by atoms with van der Waals surface area (Å²) in [5, 5.41) is 15.5. The monoisotopic (exact) mass is 482 g/mol. The number of aliphatic carboxylic acids is 2. The summed E-state index contributed by atoms with van der Waals surface area (Å²) in [5.74, 6) is -2.66. The second-order valence-corrected chi connectivity index (χ2v) is 8.40. The molecular formula is C25H27ClN4O4. The van der Waals surface area contributed by atoms with Gasteiger partial charge < -0.3 is 24.9 Å². The van der Waals surface area contributed by atoms with Gasteiger partial charge in [0.05, 0.1) is 12.2 Å². The molecule has 0 saturated heterocycles. The van der Waals surface area contributed by atoms with E-state index in [2.05, 4.69) is 71.3 Å². The molecule has 34 heavy (non-hydrogen) atoms. The summed E-state index contributed by atoms with van der Waals surface area (Å²) in [7, 11) is 4.22. The quantitative estimate of drug-likeness (QED) is 0.508. The summed E-state index contributed by atoms with van der Waals surface area (Å²) in [6.45, 7) is 2.69. The summed E-state index contributed by atoms with van der Waals surface area (Å²) in [4.78, 5) is 29.9. The molecule has 1 aromatic heterocycles. The smallest absolute Gasteiger partial charge is 0.414 e. The first-order chi connectivity index (χ1) is 16.3. The maximum Gasteiger partial charge on any atom is 0.414 e. The fourth-order valence-corrected chi connectivity index (χ4v) is 3.93. The Morgan fingerprint density at radius 2 is 1.71 bits per heavy atom. The number of pyridine rings is 1. The molecule has 2 heterocycles. The molecule has 1 aliphatic rings. The lowest BCUT2D eigenvalue weighted by Gasteiger charge is -2.27. The maximum atomic E-state index is 9.10. The first-order valence-corrected chi connectivity index (χ1v) is 11.1. The van der Waals surface area contributed by atoms with E-state index in [0.717, 1.165) is 48.3 Å².